The minimum Gasteiger partial charge on any atom is -0.323 e. The summed E-state index contributed by atoms with van der Waals surface area (Å²) in [4.78, 5) is 0. The van der Waals surface area contributed by atoms with E-state index in [1.165, 1.54) is 12.1 Å². The minimum absolute atomic E-state index is 0. The zero-order valence-corrected chi connectivity index (χ0v) is 5.62. The Morgan fingerprint density at radius 3 is 1.25 bits per heavy atom. The van der Waals surface area contributed by atoms with Crippen molar-refractivity contribution in [1.82, 2.24) is 5.32 Å². The Bertz CT molecular complexity index is 76.4. The molecule has 0 saturated heterocycles. The molecule has 46 valence electrons. The second-order valence-electron chi connectivity index (χ2n) is 0.724. The van der Waals surface area contributed by atoms with E-state index in [9.17, 15) is 0 Å². The van der Waals surface area contributed by atoms with E-state index in [0.717, 1.165) is 0 Å². The molecule has 0 aliphatic carbocycles. The van der Waals surface area contributed by atoms with Crippen LogP contribution in [0.25, 0.3) is 0 Å². The summed E-state index contributed by atoms with van der Waals surface area (Å²) in [7, 11) is 3.75. The van der Waals surface area contributed by atoms with Crippen molar-refractivity contribution >= 4 is 12.4 Å². The predicted molar refractivity (Wildman–Crippen MR) is 33.5 cm³/mol. The maximum absolute atomic E-state index is 7.26. The van der Waals surface area contributed by atoms with Crippen LogP contribution in [0.5, 0.6) is 0 Å². The first-order valence-corrected chi connectivity index (χ1v) is 1.70. The fourth-order valence-electron chi connectivity index (χ4n) is 0. The molecule has 0 amide bonds. The van der Waals surface area contributed by atoms with E-state index in [1.807, 2.05) is 14.1 Å². The van der Waals surface area contributed by atoms with Gasteiger partial charge in [0.15, 0.2) is 12.1 Å². The van der Waals surface area contributed by atoms with Crippen LogP contribution in [0.4, 0.5) is 0 Å². The van der Waals surface area contributed by atoms with Crippen molar-refractivity contribution < 1.29 is 0 Å². The van der Waals surface area contributed by atoms with Crippen LogP contribution >= 0.6 is 12.4 Å². The molecule has 0 aromatic heterocycles. The lowest BCUT2D eigenvalue weighted by Crippen LogP contribution is -1.89. The zero-order valence-electron chi connectivity index (χ0n) is 4.80. The predicted octanol–water partition coefficient (Wildman–Crippen LogP) is 0.291. The van der Waals surface area contributed by atoms with E-state index in [-0.39, 0.29) is 12.4 Å². The number of hydrogen-bond acceptors (Lipinski definition) is 3. The highest BCUT2D eigenvalue weighted by molar-refractivity contribution is 5.85. The molecule has 8 heavy (non-hydrogen) atoms. The van der Waals surface area contributed by atoms with Gasteiger partial charge in [-0.15, -0.1) is 12.4 Å². The summed E-state index contributed by atoms with van der Waals surface area (Å²) >= 11 is 0. The molecule has 0 fully saturated rings. The molecule has 0 aliphatic heterocycles. The molecule has 0 atom stereocenters. The Balaban J connectivity index is -0.0000000575. The van der Waals surface area contributed by atoms with E-state index in [0.29, 0.717) is 0 Å². The van der Waals surface area contributed by atoms with E-state index < -0.39 is 0 Å². The molecule has 4 heteroatoms. The van der Waals surface area contributed by atoms with Crippen molar-refractivity contribution in [3.8, 4) is 12.1 Å². The summed E-state index contributed by atoms with van der Waals surface area (Å²) in [5, 5.41) is 17.3. The van der Waals surface area contributed by atoms with Gasteiger partial charge in [0, 0.05) is 0 Å². The maximum Gasteiger partial charge on any atom is 0.181 e. The summed E-state index contributed by atoms with van der Waals surface area (Å²) < 4.78 is 0. The molecule has 0 unspecified atom stereocenters. The van der Waals surface area contributed by atoms with Crippen molar-refractivity contribution in [2.45, 2.75) is 0 Å². The van der Waals surface area contributed by atoms with Crippen molar-refractivity contribution in [2.75, 3.05) is 14.1 Å². The van der Waals surface area contributed by atoms with E-state index >= 15 is 0 Å². The Morgan fingerprint density at radius 2 is 1.25 bits per heavy atom. The van der Waals surface area contributed by atoms with Gasteiger partial charge in [-0.1, -0.05) is 0 Å². The quantitative estimate of drug-likeness (QED) is 0.517. The molecule has 0 bridgehead atoms. The van der Waals surface area contributed by atoms with Crippen LogP contribution in [-0.2, 0) is 0 Å². The molecular formula is C4H8ClN3. The molecule has 1 N–H and O–H groups in total. The zero-order chi connectivity index (χ0) is 6.12. The van der Waals surface area contributed by atoms with Gasteiger partial charge in [0.05, 0.1) is 0 Å². The minimum atomic E-state index is 0. The van der Waals surface area contributed by atoms with Crippen LogP contribution in [-0.4, -0.2) is 14.1 Å². The highest BCUT2D eigenvalue weighted by Crippen LogP contribution is 1.27. The van der Waals surface area contributed by atoms with Crippen molar-refractivity contribution in [3.05, 3.63) is 0 Å². The summed E-state index contributed by atoms with van der Waals surface area (Å²) in [6.45, 7) is 0. The number of nitrogens with one attached hydrogen (secondary N) is 1. The summed E-state index contributed by atoms with van der Waals surface area (Å²) in [5.74, 6) is 0. The van der Waals surface area contributed by atoms with Gasteiger partial charge in [-0.05, 0) is 14.1 Å². The highest BCUT2D eigenvalue weighted by atomic mass is 35.5. The van der Waals surface area contributed by atoms with Gasteiger partial charge in [-0.25, -0.2) is 0 Å². The molecule has 3 nitrogen and oxygen atoms in total. The monoisotopic (exact) mass is 133 g/mol. The van der Waals surface area contributed by atoms with Crippen molar-refractivity contribution in [1.29, 1.82) is 10.5 Å². The SMILES string of the molecule is CNC.Cl.N#CC#N. The Kier molecular flexibility index (Phi) is 67.2. The van der Waals surface area contributed by atoms with Gasteiger partial charge < -0.3 is 5.32 Å². The topological polar surface area (TPSA) is 59.6 Å². The standard InChI is InChI=1S/C2N2.C2H7N.ClH/c3-1-2-4;1-3-2;/h;3H,1-2H3;1H. The van der Waals surface area contributed by atoms with Crippen molar-refractivity contribution in [3.63, 3.8) is 0 Å². The molecule has 0 aromatic carbocycles. The van der Waals surface area contributed by atoms with Crippen LogP contribution in [0, 0.1) is 22.7 Å². The smallest absolute Gasteiger partial charge is 0.181 e. The largest absolute Gasteiger partial charge is 0.323 e. The fourth-order valence-corrected chi connectivity index (χ4v) is 0. The van der Waals surface area contributed by atoms with Crippen LogP contribution in [0.2, 0.25) is 0 Å². The lowest BCUT2D eigenvalue weighted by Gasteiger charge is -1.59. The van der Waals surface area contributed by atoms with Gasteiger partial charge in [0.25, 0.3) is 0 Å². The summed E-state index contributed by atoms with van der Waals surface area (Å²) in [6, 6.07) is 2.47. The van der Waals surface area contributed by atoms with Crippen molar-refractivity contribution in [2.24, 2.45) is 0 Å². The first-order valence-electron chi connectivity index (χ1n) is 1.70. The maximum atomic E-state index is 7.26. The van der Waals surface area contributed by atoms with Gasteiger partial charge in [-0.3, -0.25) is 0 Å². The lowest BCUT2D eigenvalue weighted by atomic mass is 10.9. The van der Waals surface area contributed by atoms with Gasteiger partial charge in [-0.2, -0.15) is 10.5 Å². The number of hydrogen-bond donors (Lipinski definition) is 1. The molecule has 0 aromatic rings. The highest BCUT2D eigenvalue weighted by Gasteiger charge is 1.39. The third-order valence-electron chi connectivity index (χ3n) is 0.0500. The lowest BCUT2D eigenvalue weighted by molar-refractivity contribution is 1.02. The second kappa shape index (κ2) is 34.3. The van der Waals surface area contributed by atoms with Gasteiger partial charge in [0.2, 0.25) is 0 Å². The normalized spacial score (nSPS) is 3.50. The third-order valence-corrected chi connectivity index (χ3v) is 0.0500. The summed E-state index contributed by atoms with van der Waals surface area (Å²) in [6.07, 6.45) is 0. The van der Waals surface area contributed by atoms with Gasteiger partial charge in [0.1, 0.15) is 0 Å². The van der Waals surface area contributed by atoms with E-state index in [2.05, 4.69) is 5.32 Å². The molecular weight excluding hydrogens is 126 g/mol. The fraction of sp³-hybridized carbons (Fsp3) is 0.500. The number of halogens is 1. The molecule has 0 aliphatic rings. The molecule has 0 saturated carbocycles. The second-order valence-corrected chi connectivity index (χ2v) is 0.724. The average Bonchev–Trinajstić information content (AvgIpc) is 1.69. The molecule has 0 heterocycles. The van der Waals surface area contributed by atoms with E-state index in [1.54, 1.807) is 0 Å². The molecule has 0 spiro atoms. The average molecular weight is 134 g/mol. The summed E-state index contributed by atoms with van der Waals surface area (Å²) in [5.41, 5.74) is 0. The van der Waals surface area contributed by atoms with E-state index in [4.69, 9.17) is 10.5 Å². The number of rotatable bonds is 0. The Labute approximate surface area is 55.3 Å². The van der Waals surface area contributed by atoms with Crippen LogP contribution in [0.15, 0.2) is 0 Å². The number of nitrogens with zero attached hydrogens (tertiary/aromatic N) is 2. The van der Waals surface area contributed by atoms with Crippen LogP contribution in [0.3, 0.4) is 0 Å². The third kappa shape index (κ3) is 1770. The van der Waals surface area contributed by atoms with Gasteiger partial charge >= 0.3 is 0 Å². The Morgan fingerprint density at radius 1 is 1.12 bits per heavy atom. The molecule has 0 rings (SSSR count). The molecule has 0 radical (unpaired) electrons. The van der Waals surface area contributed by atoms with Crippen LogP contribution < -0.4 is 5.32 Å². The Hall–Kier alpha value is -0.770. The number of nitriles is 2. The van der Waals surface area contributed by atoms with Crippen LogP contribution in [0.1, 0.15) is 0 Å². The first kappa shape index (κ1) is 15.7. The first-order chi connectivity index (χ1) is 3.33.